The molecule has 0 spiro atoms. The molecule has 1 atom stereocenters. The number of benzene rings is 1. The van der Waals surface area contributed by atoms with E-state index < -0.39 is 0 Å². The van der Waals surface area contributed by atoms with Gasteiger partial charge in [-0.15, -0.1) is 0 Å². The number of likely N-dealkylation sites (tertiary alicyclic amines) is 1. The van der Waals surface area contributed by atoms with Gasteiger partial charge in [-0.2, -0.15) is 0 Å². The second kappa shape index (κ2) is 10.3. The van der Waals surface area contributed by atoms with Crippen LogP contribution >= 0.6 is 11.6 Å². The number of furan rings is 1. The van der Waals surface area contributed by atoms with Gasteiger partial charge in [0.2, 0.25) is 5.91 Å². The fourth-order valence-electron chi connectivity index (χ4n) is 3.56. The van der Waals surface area contributed by atoms with E-state index in [1.165, 1.54) is 12.8 Å². The van der Waals surface area contributed by atoms with Crippen molar-refractivity contribution in [2.75, 3.05) is 32.1 Å². The zero-order chi connectivity index (χ0) is 19.8. The Bertz CT molecular complexity index is 789. The molecule has 1 fully saturated rings. The van der Waals surface area contributed by atoms with E-state index >= 15 is 0 Å². The van der Waals surface area contributed by atoms with E-state index in [0.717, 1.165) is 31.8 Å². The third kappa shape index (κ3) is 6.14. The molecule has 0 radical (unpaired) electrons. The predicted molar refractivity (Wildman–Crippen MR) is 113 cm³/mol. The average Bonchev–Trinajstić information content (AvgIpc) is 3.20. The van der Waals surface area contributed by atoms with Gasteiger partial charge in [0.25, 0.3) is 0 Å². The number of nitrogens with zero attached hydrogens (tertiary/aromatic N) is 1. The molecule has 0 saturated carbocycles. The van der Waals surface area contributed by atoms with Crippen LogP contribution in [0.25, 0.3) is 6.08 Å². The van der Waals surface area contributed by atoms with E-state index in [0.29, 0.717) is 28.8 Å². The third-order valence-corrected chi connectivity index (χ3v) is 5.30. The van der Waals surface area contributed by atoms with Crippen LogP contribution in [0.15, 0.2) is 47.1 Å². The smallest absolute Gasteiger partial charge is 0.224 e. The van der Waals surface area contributed by atoms with Gasteiger partial charge in [-0.05, 0) is 68.1 Å². The Hall–Kier alpha value is -2.24. The number of rotatable bonds is 8. The lowest BCUT2D eigenvalue weighted by atomic mass is 9.93. The Morgan fingerprint density at radius 3 is 3.07 bits per heavy atom. The van der Waals surface area contributed by atoms with Crippen LogP contribution in [0.3, 0.4) is 0 Å². The summed E-state index contributed by atoms with van der Waals surface area (Å²) in [7, 11) is 1.57. The van der Waals surface area contributed by atoms with E-state index in [-0.39, 0.29) is 5.91 Å². The van der Waals surface area contributed by atoms with Gasteiger partial charge < -0.3 is 14.5 Å². The van der Waals surface area contributed by atoms with Crippen molar-refractivity contribution in [3.8, 4) is 5.75 Å². The molecule has 5 nitrogen and oxygen atoms in total. The molecule has 0 aliphatic carbocycles. The molecule has 1 unspecified atom stereocenters. The molecule has 1 aromatic carbocycles. The van der Waals surface area contributed by atoms with Crippen LogP contribution in [-0.4, -0.2) is 37.6 Å². The Morgan fingerprint density at radius 1 is 1.43 bits per heavy atom. The zero-order valence-corrected chi connectivity index (χ0v) is 17.0. The quantitative estimate of drug-likeness (QED) is 0.668. The highest BCUT2D eigenvalue weighted by Gasteiger charge is 2.20. The monoisotopic (exact) mass is 402 g/mol. The summed E-state index contributed by atoms with van der Waals surface area (Å²) in [5.74, 6) is 2.05. The number of anilines is 1. The molecule has 150 valence electrons. The van der Waals surface area contributed by atoms with E-state index in [2.05, 4.69) is 16.3 Å². The molecule has 1 N–H and O–H groups in total. The zero-order valence-electron chi connectivity index (χ0n) is 16.2. The Kier molecular flexibility index (Phi) is 7.57. The van der Waals surface area contributed by atoms with Crippen molar-refractivity contribution < 1.29 is 13.9 Å². The number of halogens is 1. The maximum Gasteiger partial charge on any atom is 0.224 e. The van der Waals surface area contributed by atoms with Crippen LogP contribution in [0, 0.1) is 5.92 Å². The first-order valence-electron chi connectivity index (χ1n) is 9.70. The number of hydrogen-bond acceptors (Lipinski definition) is 4. The minimum absolute atomic E-state index is 0.0241. The molecule has 28 heavy (non-hydrogen) atoms. The summed E-state index contributed by atoms with van der Waals surface area (Å²) in [4.78, 5) is 14.7. The third-order valence-electron chi connectivity index (χ3n) is 5.01. The molecule has 6 heteroatoms. The largest absolute Gasteiger partial charge is 0.495 e. The molecule has 0 bridgehead atoms. The summed E-state index contributed by atoms with van der Waals surface area (Å²) >= 11 is 6.11. The van der Waals surface area contributed by atoms with Crippen molar-refractivity contribution in [1.29, 1.82) is 0 Å². The molecule has 1 aliphatic rings. The molecular weight excluding hydrogens is 376 g/mol. The summed E-state index contributed by atoms with van der Waals surface area (Å²) in [6.45, 7) is 3.05. The molecule has 1 saturated heterocycles. The van der Waals surface area contributed by atoms with E-state index in [9.17, 15) is 4.79 Å². The van der Waals surface area contributed by atoms with Gasteiger partial charge in [0.05, 0.1) is 18.4 Å². The number of carbonyl (C=O) groups is 1. The number of hydrogen-bond donors (Lipinski definition) is 1. The fraction of sp³-hybridized carbons (Fsp3) is 0.409. The first-order valence-corrected chi connectivity index (χ1v) is 10.1. The highest BCUT2D eigenvalue weighted by molar-refractivity contribution is 6.32. The highest BCUT2D eigenvalue weighted by Crippen LogP contribution is 2.27. The molecule has 2 heterocycles. The van der Waals surface area contributed by atoms with Gasteiger partial charge in [0.15, 0.2) is 0 Å². The van der Waals surface area contributed by atoms with E-state index in [1.807, 2.05) is 18.2 Å². The second-order valence-electron chi connectivity index (χ2n) is 7.12. The van der Waals surface area contributed by atoms with Gasteiger partial charge in [0.1, 0.15) is 11.5 Å². The molecule has 1 amide bonds. The number of ether oxygens (including phenoxy) is 1. The summed E-state index contributed by atoms with van der Waals surface area (Å²) in [6, 6.07) is 9.11. The number of nitrogens with one attached hydrogen (secondary N) is 1. The predicted octanol–water partition coefficient (Wildman–Crippen LogP) is 5.09. The van der Waals surface area contributed by atoms with E-state index in [1.54, 1.807) is 31.6 Å². The van der Waals surface area contributed by atoms with Gasteiger partial charge >= 0.3 is 0 Å². The minimum Gasteiger partial charge on any atom is -0.495 e. The summed E-state index contributed by atoms with van der Waals surface area (Å²) in [5.41, 5.74) is 0.698. The highest BCUT2D eigenvalue weighted by atomic mass is 35.5. The lowest BCUT2D eigenvalue weighted by Gasteiger charge is -2.31. The van der Waals surface area contributed by atoms with Crippen molar-refractivity contribution in [3.63, 3.8) is 0 Å². The molecule has 2 aromatic rings. The molecule has 1 aliphatic heterocycles. The van der Waals surface area contributed by atoms with Gasteiger partial charge in [-0.1, -0.05) is 17.7 Å². The van der Waals surface area contributed by atoms with Crippen LogP contribution in [0.5, 0.6) is 5.75 Å². The van der Waals surface area contributed by atoms with E-state index in [4.69, 9.17) is 20.8 Å². The van der Waals surface area contributed by atoms with Crippen LogP contribution in [0.1, 0.15) is 31.4 Å². The first kappa shape index (κ1) is 20.5. The second-order valence-corrected chi connectivity index (χ2v) is 7.53. The summed E-state index contributed by atoms with van der Waals surface area (Å²) in [5, 5.41) is 3.41. The van der Waals surface area contributed by atoms with Crippen LogP contribution in [-0.2, 0) is 4.79 Å². The van der Waals surface area contributed by atoms with Crippen molar-refractivity contribution in [2.45, 2.75) is 25.7 Å². The minimum atomic E-state index is 0.0241. The van der Waals surface area contributed by atoms with Crippen LogP contribution < -0.4 is 10.1 Å². The van der Waals surface area contributed by atoms with Crippen molar-refractivity contribution in [3.05, 3.63) is 53.5 Å². The number of carbonyl (C=O) groups excluding carboxylic acids is 1. The molecular formula is C22H27ClN2O3. The van der Waals surface area contributed by atoms with Gasteiger partial charge in [0, 0.05) is 25.2 Å². The summed E-state index contributed by atoms with van der Waals surface area (Å²) < 4.78 is 10.4. The number of amides is 1. The van der Waals surface area contributed by atoms with Crippen molar-refractivity contribution >= 4 is 29.3 Å². The Balaban J connectivity index is 1.41. The average molecular weight is 403 g/mol. The normalized spacial score (nSPS) is 17.7. The van der Waals surface area contributed by atoms with Crippen LogP contribution in [0.2, 0.25) is 5.02 Å². The topological polar surface area (TPSA) is 54.7 Å². The Labute approximate surface area is 171 Å². The van der Waals surface area contributed by atoms with Crippen molar-refractivity contribution in [1.82, 2.24) is 4.90 Å². The maximum atomic E-state index is 12.3. The number of piperidine rings is 1. The van der Waals surface area contributed by atoms with Gasteiger partial charge in [-0.3, -0.25) is 9.69 Å². The van der Waals surface area contributed by atoms with Gasteiger partial charge in [-0.25, -0.2) is 0 Å². The lowest BCUT2D eigenvalue weighted by molar-refractivity contribution is -0.116. The fourth-order valence-corrected chi connectivity index (χ4v) is 3.82. The van der Waals surface area contributed by atoms with Crippen LogP contribution in [0.4, 0.5) is 5.69 Å². The maximum absolute atomic E-state index is 12.3. The Morgan fingerprint density at radius 2 is 2.32 bits per heavy atom. The number of methoxy groups -OCH3 is 1. The standard InChI is InChI=1S/C22H27ClN2O3/c1-27-21-10-9-18(15-20(21)23)24-22(26)11-8-17-5-2-12-25(16-17)13-3-6-19-7-4-14-28-19/h3-4,6-7,9-10,14-15,17H,2,5,8,11-13,16H2,1H3,(H,24,26)/b6-3+. The first-order chi connectivity index (χ1) is 13.6. The molecule has 1 aromatic heterocycles. The summed E-state index contributed by atoms with van der Waals surface area (Å²) in [6.07, 6.45) is 9.60. The van der Waals surface area contributed by atoms with Crippen molar-refractivity contribution in [2.24, 2.45) is 5.92 Å². The molecule has 3 rings (SSSR count). The lowest BCUT2D eigenvalue weighted by Crippen LogP contribution is -2.35. The SMILES string of the molecule is COc1ccc(NC(=O)CCC2CCCN(C/C=C/c3ccco3)C2)cc1Cl.